The number of thioether (sulfide) groups is 1. The van der Waals surface area contributed by atoms with Crippen molar-refractivity contribution in [2.75, 3.05) is 11.2 Å². The molecule has 2 aromatic heterocycles. The number of anilines is 1. The van der Waals surface area contributed by atoms with Crippen LogP contribution in [0.25, 0.3) is 10.2 Å². The van der Waals surface area contributed by atoms with Gasteiger partial charge in [-0.1, -0.05) is 23.5 Å². The topological polar surface area (TPSA) is 80.2 Å². The molecule has 0 radical (unpaired) electrons. The van der Waals surface area contributed by atoms with Gasteiger partial charge in [0.15, 0.2) is 15.0 Å². The number of nitrogens with zero attached hydrogens (tertiary/aromatic N) is 3. The van der Waals surface area contributed by atoms with Crippen LogP contribution in [0.4, 0.5) is 5.13 Å². The van der Waals surface area contributed by atoms with Gasteiger partial charge in [0.05, 0.1) is 26.9 Å². The van der Waals surface area contributed by atoms with Crippen molar-refractivity contribution in [3.05, 3.63) is 78.1 Å². The first-order chi connectivity index (χ1) is 15.8. The predicted octanol–water partition coefficient (Wildman–Crippen LogP) is 5.44. The lowest BCUT2D eigenvalue weighted by Gasteiger charge is -2.20. The molecule has 0 spiro atoms. The summed E-state index contributed by atoms with van der Waals surface area (Å²) in [6.07, 6.45) is 5.41. The Bertz CT molecular complexity index is 1380. The van der Waals surface area contributed by atoms with E-state index in [1.165, 1.54) is 23.5 Å². The average molecular weight is 498 g/mol. The second-order valence-electron chi connectivity index (χ2n) is 7.67. The number of rotatable bonds is 7. The van der Waals surface area contributed by atoms with Crippen molar-refractivity contribution in [3.8, 4) is 0 Å². The van der Waals surface area contributed by atoms with Crippen LogP contribution in [0.15, 0.2) is 76.8 Å². The largest absolute Gasteiger partial charge is 0.279 e. The van der Waals surface area contributed by atoms with Gasteiger partial charge in [-0.25, -0.2) is 13.4 Å². The molecule has 0 N–H and O–H groups in total. The van der Waals surface area contributed by atoms with Gasteiger partial charge in [-0.05, 0) is 68.1 Å². The molecule has 0 aliphatic heterocycles. The van der Waals surface area contributed by atoms with Gasteiger partial charge in [0.2, 0.25) is 0 Å². The van der Waals surface area contributed by atoms with E-state index < -0.39 is 15.1 Å². The Morgan fingerprint density at radius 2 is 1.85 bits per heavy atom. The summed E-state index contributed by atoms with van der Waals surface area (Å²) < 4.78 is 25.9. The van der Waals surface area contributed by atoms with E-state index in [1.807, 2.05) is 36.6 Å². The summed E-state index contributed by atoms with van der Waals surface area (Å²) in [4.78, 5) is 25.4. The number of fused-ring (bicyclic) bond motifs is 1. The maximum Gasteiger partial charge on any atom is 0.260 e. The molecule has 0 aliphatic carbocycles. The van der Waals surface area contributed by atoms with Crippen molar-refractivity contribution >= 4 is 54.2 Å². The number of thiazole rings is 1. The molecule has 0 bridgehead atoms. The molecule has 33 heavy (non-hydrogen) atoms. The van der Waals surface area contributed by atoms with E-state index in [4.69, 9.17) is 4.98 Å². The minimum absolute atomic E-state index is 0.206. The number of carbonyl (C=O) groups excluding carboxylic acids is 1. The lowest BCUT2D eigenvalue weighted by atomic mass is 10.2. The molecule has 6 nitrogen and oxygen atoms in total. The third-order valence-electron chi connectivity index (χ3n) is 5.18. The Balaban J connectivity index is 1.74. The molecule has 4 aromatic rings. The number of benzene rings is 2. The Hall–Kier alpha value is -2.75. The Kier molecular flexibility index (Phi) is 6.83. The van der Waals surface area contributed by atoms with Gasteiger partial charge >= 0.3 is 0 Å². The molecule has 2 heterocycles. The number of sulfone groups is 1. The Labute approximate surface area is 201 Å². The van der Waals surface area contributed by atoms with Crippen LogP contribution < -0.4 is 4.90 Å². The Morgan fingerprint density at radius 1 is 1.09 bits per heavy atom. The second kappa shape index (κ2) is 9.62. The molecule has 4 rings (SSSR count). The first kappa shape index (κ1) is 23.4. The monoisotopic (exact) mass is 497 g/mol. The lowest BCUT2D eigenvalue weighted by Crippen LogP contribution is -2.30. The smallest absolute Gasteiger partial charge is 0.260 e. The summed E-state index contributed by atoms with van der Waals surface area (Å²) in [5.74, 6) is -0.253. The van der Waals surface area contributed by atoms with E-state index in [-0.39, 0.29) is 10.8 Å². The van der Waals surface area contributed by atoms with E-state index in [9.17, 15) is 13.2 Å². The van der Waals surface area contributed by atoms with Crippen LogP contribution in [0, 0.1) is 0 Å². The average Bonchev–Trinajstić information content (AvgIpc) is 3.27. The number of carbonyl (C=O) groups is 1. The standard InChI is InChI=1S/C24H23N3O3S3/c1-16(2)33(29,30)19-11-9-18(10-12-19)23(28)27(15-17-6-5-13-25-14-17)24-26-22-20(31-3)7-4-8-21(22)32-24/h4-14,16H,15H2,1-3H3. The van der Waals surface area contributed by atoms with Crippen molar-refractivity contribution in [2.24, 2.45) is 0 Å². The van der Waals surface area contributed by atoms with Gasteiger partial charge in [-0.2, -0.15) is 0 Å². The van der Waals surface area contributed by atoms with Gasteiger partial charge < -0.3 is 0 Å². The zero-order chi connectivity index (χ0) is 23.6. The van der Waals surface area contributed by atoms with Crippen LogP contribution in [-0.2, 0) is 16.4 Å². The molecule has 2 aromatic carbocycles. The van der Waals surface area contributed by atoms with Gasteiger partial charge in [0.1, 0.15) is 0 Å². The molecule has 0 fully saturated rings. The van der Waals surface area contributed by atoms with Gasteiger partial charge in [-0.3, -0.25) is 14.7 Å². The third kappa shape index (κ3) is 4.80. The molecule has 0 atom stereocenters. The Morgan fingerprint density at radius 3 is 2.48 bits per heavy atom. The summed E-state index contributed by atoms with van der Waals surface area (Å²) in [5, 5.41) is 0.0498. The van der Waals surface area contributed by atoms with Crippen LogP contribution in [0.1, 0.15) is 29.8 Å². The zero-order valence-electron chi connectivity index (χ0n) is 18.4. The van der Waals surface area contributed by atoms with Crippen molar-refractivity contribution in [1.29, 1.82) is 0 Å². The summed E-state index contributed by atoms with van der Waals surface area (Å²) >= 11 is 3.06. The van der Waals surface area contributed by atoms with E-state index in [1.54, 1.807) is 55.0 Å². The number of pyridine rings is 1. The number of aromatic nitrogens is 2. The summed E-state index contributed by atoms with van der Waals surface area (Å²) in [7, 11) is -3.41. The lowest BCUT2D eigenvalue weighted by molar-refractivity contribution is 0.0985. The number of para-hydroxylation sites is 1. The minimum Gasteiger partial charge on any atom is -0.279 e. The van der Waals surface area contributed by atoms with Crippen LogP contribution in [0.2, 0.25) is 0 Å². The highest BCUT2D eigenvalue weighted by molar-refractivity contribution is 7.98. The highest BCUT2D eigenvalue weighted by Crippen LogP contribution is 2.35. The molecular formula is C24H23N3O3S3. The molecule has 0 saturated carbocycles. The number of hydrogen-bond donors (Lipinski definition) is 0. The molecular weight excluding hydrogens is 474 g/mol. The highest BCUT2D eigenvalue weighted by Gasteiger charge is 2.24. The first-order valence-corrected chi connectivity index (χ1v) is 13.9. The molecule has 0 saturated heterocycles. The molecule has 9 heteroatoms. The second-order valence-corrected chi connectivity index (χ2v) is 12.0. The number of amides is 1. The quantitative estimate of drug-likeness (QED) is 0.316. The van der Waals surface area contributed by atoms with Gasteiger partial charge in [0, 0.05) is 22.9 Å². The predicted molar refractivity (Wildman–Crippen MR) is 135 cm³/mol. The minimum atomic E-state index is -3.41. The van der Waals surface area contributed by atoms with E-state index in [0.717, 1.165) is 20.7 Å². The normalized spacial score (nSPS) is 11.8. The first-order valence-electron chi connectivity index (χ1n) is 10.3. The summed E-state index contributed by atoms with van der Waals surface area (Å²) in [6, 6.07) is 15.8. The van der Waals surface area contributed by atoms with Crippen LogP contribution in [0.3, 0.4) is 0 Å². The molecule has 0 unspecified atom stereocenters. The maximum absolute atomic E-state index is 13.6. The van der Waals surface area contributed by atoms with Gasteiger partial charge in [-0.15, -0.1) is 11.8 Å². The van der Waals surface area contributed by atoms with Crippen LogP contribution in [0.5, 0.6) is 0 Å². The van der Waals surface area contributed by atoms with E-state index in [0.29, 0.717) is 17.2 Å². The van der Waals surface area contributed by atoms with Crippen molar-refractivity contribution < 1.29 is 13.2 Å². The fourth-order valence-electron chi connectivity index (χ4n) is 3.31. The fourth-order valence-corrected chi connectivity index (χ4v) is 5.99. The van der Waals surface area contributed by atoms with Crippen molar-refractivity contribution in [2.45, 2.75) is 35.4 Å². The van der Waals surface area contributed by atoms with Gasteiger partial charge in [0.25, 0.3) is 5.91 Å². The third-order valence-corrected chi connectivity index (χ3v) is 9.16. The SMILES string of the molecule is CSc1cccc2sc(N(Cc3cccnc3)C(=O)c3ccc(S(=O)(=O)C(C)C)cc3)nc12. The maximum atomic E-state index is 13.6. The van der Waals surface area contributed by atoms with E-state index in [2.05, 4.69) is 4.98 Å². The summed E-state index contributed by atoms with van der Waals surface area (Å²) in [5.41, 5.74) is 2.13. The summed E-state index contributed by atoms with van der Waals surface area (Å²) in [6.45, 7) is 3.58. The van der Waals surface area contributed by atoms with E-state index >= 15 is 0 Å². The van der Waals surface area contributed by atoms with Crippen molar-refractivity contribution in [3.63, 3.8) is 0 Å². The molecule has 0 aliphatic rings. The van der Waals surface area contributed by atoms with Crippen LogP contribution >= 0.6 is 23.1 Å². The highest BCUT2D eigenvalue weighted by atomic mass is 32.2. The fraction of sp³-hybridized carbons (Fsp3) is 0.208. The number of hydrogen-bond acceptors (Lipinski definition) is 7. The van der Waals surface area contributed by atoms with Crippen LogP contribution in [-0.4, -0.2) is 35.8 Å². The zero-order valence-corrected chi connectivity index (χ0v) is 20.9. The molecule has 170 valence electrons. The molecule has 1 amide bonds. The van der Waals surface area contributed by atoms with Crippen molar-refractivity contribution in [1.82, 2.24) is 9.97 Å².